The van der Waals surface area contributed by atoms with E-state index in [-0.39, 0.29) is 5.82 Å². The zero-order valence-corrected chi connectivity index (χ0v) is 19.1. The lowest BCUT2D eigenvalue weighted by Crippen LogP contribution is -2.02. The molecule has 8 heteroatoms. The fourth-order valence-electron chi connectivity index (χ4n) is 3.68. The first-order chi connectivity index (χ1) is 16.1. The number of nitrogens with zero attached hydrogens (tertiary/aromatic N) is 5. The Morgan fingerprint density at radius 2 is 1.82 bits per heavy atom. The van der Waals surface area contributed by atoms with Gasteiger partial charge in [0, 0.05) is 23.7 Å². The van der Waals surface area contributed by atoms with Crippen molar-refractivity contribution in [2.45, 2.75) is 24.8 Å². The number of para-hydroxylation sites is 1. The van der Waals surface area contributed by atoms with E-state index in [1.165, 1.54) is 17.8 Å². The van der Waals surface area contributed by atoms with Crippen LogP contribution in [0.4, 0.5) is 4.39 Å². The van der Waals surface area contributed by atoms with E-state index in [1.54, 1.807) is 22.8 Å². The van der Waals surface area contributed by atoms with Crippen molar-refractivity contribution >= 4 is 17.4 Å². The number of aromatic nitrogens is 5. The SMILES string of the molecule is CCOc1ccc(-c2nnc(SCc3cn4cccc(C)c4n3)n2-c2ccccc2F)cc1. The smallest absolute Gasteiger partial charge is 0.196 e. The third-order valence-corrected chi connectivity index (χ3v) is 6.19. The number of fused-ring (bicyclic) bond motifs is 1. The number of pyridine rings is 1. The standard InChI is InChI=1S/C25H22FN5OS/c1-3-32-20-12-10-18(11-13-20)24-28-29-25(31(24)22-9-5-4-8-21(22)26)33-16-19-15-30-14-6-7-17(2)23(30)27-19/h4-15H,3,16H2,1-2H3. The molecule has 3 aromatic heterocycles. The summed E-state index contributed by atoms with van der Waals surface area (Å²) in [7, 11) is 0. The lowest BCUT2D eigenvalue weighted by Gasteiger charge is -2.11. The highest BCUT2D eigenvalue weighted by atomic mass is 32.2. The first-order valence-corrected chi connectivity index (χ1v) is 11.6. The van der Waals surface area contributed by atoms with Crippen LogP contribution in [0.1, 0.15) is 18.2 Å². The molecule has 0 aliphatic rings. The van der Waals surface area contributed by atoms with Crippen molar-refractivity contribution in [1.82, 2.24) is 24.1 Å². The van der Waals surface area contributed by atoms with E-state index in [4.69, 9.17) is 9.72 Å². The summed E-state index contributed by atoms with van der Waals surface area (Å²) in [5.41, 5.74) is 4.18. The number of aryl methyl sites for hydroxylation is 1. The summed E-state index contributed by atoms with van der Waals surface area (Å²) in [5, 5.41) is 9.40. The monoisotopic (exact) mass is 459 g/mol. The highest BCUT2D eigenvalue weighted by molar-refractivity contribution is 7.98. The lowest BCUT2D eigenvalue weighted by molar-refractivity contribution is 0.340. The molecule has 33 heavy (non-hydrogen) atoms. The van der Waals surface area contributed by atoms with Crippen LogP contribution in [0, 0.1) is 12.7 Å². The number of imidazole rings is 1. The molecule has 0 amide bonds. The molecular formula is C25H22FN5OS. The van der Waals surface area contributed by atoms with Crippen LogP contribution in [-0.2, 0) is 5.75 Å². The van der Waals surface area contributed by atoms with Crippen LogP contribution in [-0.4, -0.2) is 30.8 Å². The summed E-state index contributed by atoms with van der Waals surface area (Å²) in [4.78, 5) is 4.74. The van der Waals surface area contributed by atoms with E-state index < -0.39 is 0 Å². The molecule has 0 radical (unpaired) electrons. The second kappa shape index (κ2) is 9.07. The molecule has 5 rings (SSSR count). The van der Waals surface area contributed by atoms with Crippen LogP contribution in [0.2, 0.25) is 0 Å². The summed E-state index contributed by atoms with van der Waals surface area (Å²) in [6.45, 7) is 4.57. The van der Waals surface area contributed by atoms with Crippen molar-refractivity contribution in [2.24, 2.45) is 0 Å². The van der Waals surface area contributed by atoms with E-state index in [0.717, 1.165) is 28.2 Å². The molecule has 0 atom stereocenters. The Morgan fingerprint density at radius 3 is 2.58 bits per heavy atom. The van der Waals surface area contributed by atoms with E-state index in [9.17, 15) is 4.39 Å². The maximum Gasteiger partial charge on any atom is 0.196 e. The maximum atomic E-state index is 14.8. The highest BCUT2D eigenvalue weighted by Crippen LogP contribution is 2.31. The van der Waals surface area contributed by atoms with Crippen molar-refractivity contribution in [2.75, 3.05) is 6.61 Å². The number of rotatable bonds is 7. The molecule has 0 saturated heterocycles. The summed E-state index contributed by atoms with van der Waals surface area (Å²) in [6, 6.07) is 18.3. The zero-order chi connectivity index (χ0) is 22.8. The number of benzene rings is 2. The predicted molar refractivity (Wildman–Crippen MR) is 127 cm³/mol. The molecule has 166 valence electrons. The Hall–Kier alpha value is -3.65. The minimum absolute atomic E-state index is 0.338. The molecule has 0 N–H and O–H groups in total. The Morgan fingerprint density at radius 1 is 1.00 bits per heavy atom. The maximum absolute atomic E-state index is 14.8. The summed E-state index contributed by atoms with van der Waals surface area (Å²) < 4.78 is 24.1. The molecule has 6 nitrogen and oxygen atoms in total. The van der Waals surface area contributed by atoms with Crippen molar-refractivity contribution < 1.29 is 9.13 Å². The molecule has 2 aromatic carbocycles. The van der Waals surface area contributed by atoms with Gasteiger partial charge in [-0.2, -0.15) is 0 Å². The van der Waals surface area contributed by atoms with Gasteiger partial charge in [-0.05, 0) is 61.9 Å². The molecule has 0 aliphatic carbocycles. The molecule has 0 fully saturated rings. The summed E-state index contributed by atoms with van der Waals surface area (Å²) in [5.74, 6) is 1.58. The highest BCUT2D eigenvalue weighted by Gasteiger charge is 2.19. The van der Waals surface area contributed by atoms with Gasteiger partial charge in [0.2, 0.25) is 0 Å². The van der Waals surface area contributed by atoms with Crippen molar-refractivity contribution in [1.29, 1.82) is 0 Å². The molecule has 0 aliphatic heterocycles. The largest absolute Gasteiger partial charge is 0.494 e. The van der Waals surface area contributed by atoms with E-state index in [1.807, 2.05) is 67.0 Å². The quantitative estimate of drug-likeness (QED) is 0.291. The Labute approximate surface area is 195 Å². The number of halogens is 1. The van der Waals surface area contributed by atoms with Crippen LogP contribution >= 0.6 is 11.8 Å². The van der Waals surface area contributed by atoms with Gasteiger partial charge in [0.1, 0.15) is 17.2 Å². The third-order valence-electron chi connectivity index (χ3n) is 5.23. The van der Waals surface area contributed by atoms with Crippen LogP contribution in [0.25, 0.3) is 22.7 Å². The van der Waals surface area contributed by atoms with Gasteiger partial charge in [0.25, 0.3) is 0 Å². The summed E-state index contributed by atoms with van der Waals surface area (Å²) in [6.07, 6.45) is 3.99. The number of hydrogen-bond donors (Lipinski definition) is 0. The topological polar surface area (TPSA) is 57.2 Å². The Balaban J connectivity index is 1.51. The average molecular weight is 460 g/mol. The molecule has 0 unspecified atom stereocenters. The minimum Gasteiger partial charge on any atom is -0.494 e. The molecule has 5 aromatic rings. The van der Waals surface area contributed by atoms with Gasteiger partial charge in [-0.25, -0.2) is 9.37 Å². The van der Waals surface area contributed by atoms with Gasteiger partial charge in [-0.3, -0.25) is 4.57 Å². The minimum atomic E-state index is -0.338. The first-order valence-electron chi connectivity index (χ1n) is 10.6. The number of thioether (sulfide) groups is 1. The van der Waals surface area contributed by atoms with Crippen LogP contribution in [0.5, 0.6) is 5.75 Å². The fraction of sp³-hybridized carbons (Fsp3) is 0.160. The van der Waals surface area contributed by atoms with E-state index >= 15 is 0 Å². The number of ether oxygens (including phenoxy) is 1. The Kier molecular flexibility index (Phi) is 5.83. The van der Waals surface area contributed by atoms with Gasteiger partial charge in [0.15, 0.2) is 11.0 Å². The van der Waals surface area contributed by atoms with Gasteiger partial charge in [-0.15, -0.1) is 10.2 Å². The average Bonchev–Trinajstić information content (AvgIpc) is 3.44. The number of hydrogen-bond acceptors (Lipinski definition) is 5. The van der Waals surface area contributed by atoms with E-state index in [2.05, 4.69) is 10.2 Å². The van der Waals surface area contributed by atoms with Crippen molar-refractivity contribution in [3.8, 4) is 22.8 Å². The first kappa shape index (κ1) is 21.2. The van der Waals surface area contributed by atoms with E-state index in [0.29, 0.717) is 29.0 Å². The molecule has 3 heterocycles. The van der Waals surface area contributed by atoms with Gasteiger partial charge >= 0.3 is 0 Å². The third kappa shape index (κ3) is 4.21. The second-order valence-electron chi connectivity index (χ2n) is 7.49. The lowest BCUT2D eigenvalue weighted by atomic mass is 10.2. The van der Waals surface area contributed by atoms with Crippen molar-refractivity contribution in [3.05, 3.63) is 90.1 Å². The van der Waals surface area contributed by atoms with Crippen LogP contribution in [0.3, 0.4) is 0 Å². The Bertz CT molecular complexity index is 1410. The molecule has 0 saturated carbocycles. The van der Waals surface area contributed by atoms with Gasteiger partial charge in [0.05, 0.1) is 18.0 Å². The van der Waals surface area contributed by atoms with Crippen LogP contribution in [0.15, 0.2) is 78.2 Å². The molecule has 0 bridgehead atoms. The zero-order valence-electron chi connectivity index (χ0n) is 18.3. The normalized spacial score (nSPS) is 11.2. The van der Waals surface area contributed by atoms with Gasteiger partial charge < -0.3 is 9.14 Å². The van der Waals surface area contributed by atoms with Crippen molar-refractivity contribution in [3.63, 3.8) is 0 Å². The molecule has 0 spiro atoms. The fourth-order valence-corrected chi connectivity index (χ4v) is 4.51. The van der Waals surface area contributed by atoms with Crippen LogP contribution < -0.4 is 4.74 Å². The predicted octanol–water partition coefficient (Wildman–Crippen LogP) is 5.72. The molecular weight excluding hydrogens is 437 g/mol. The van der Waals surface area contributed by atoms with Gasteiger partial charge in [-0.1, -0.05) is 30.0 Å². The summed E-state index contributed by atoms with van der Waals surface area (Å²) >= 11 is 1.47. The second-order valence-corrected chi connectivity index (χ2v) is 8.44.